The van der Waals surface area contributed by atoms with Crippen LogP contribution in [0.5, 0.6) is 0 Å². The van der Waals surface area contributed by atoms with Crippen LogP contribution in [0.4, 0.5) is 0 Å². The Labute approximate surface area is 115 Å². The van der Waals surface area contributed by atoms with Crippen molar-refractivity contribution < 1.29 is 24.6 Å². The Balaban J connectivity index is 0.000000217. The first-order valence-electron chi connectivity index (χ1n) is 5.62. The maximum absolute atomic E-state index is 10.5. The van der Waals surface area contributed by atoms with Crippen LogP contribution < -0.4 is 0 Å². The number of hydrogen-bond donors (Lipinski definition) is 2. The number of carbonyl (C=O) groups is 3. The molecule has 0 saturated heterocycles. The van der Waals surface area contributed by atoms with E-state index in [0.29, 0.717) is 0 Å². The van der Waals surface area contributed by atoms with E-state index in [1.54, 1.807) is 12.1 Å². The van der Waals surface area contributed by atoms with Gasteiger partial charge in [0.1, 0.15) is 6.29 Å². The number of aromatic carboxylic acids is 2. The summed E-state index contributed by atoms with van der Waals surface area (Å²) in [7, 11) is 0. The molecule has 0 aliphatic carbocycles. The number of carboxylic acids is 2. The molecule has 2 N–H and O–H groups in total. The Morgan fingerprint density at radius 2 is 1.15 bits per heavy atom. The lowest BCUT2D eigenvalue weighted by molar-refractivity contribution is 0.0651. The molecule has 0 atom stereocenters. The highest BCUT2D eigenvalue weighted by molar-refractivity contribution is 6.01. The lowest BCUT2D eigenvalue weighted by Crippen LogP contribution is -2.06. The predicted octanol–water partition coefficient (Wildman–Crippen LogP) is 2.58. The van der Waals surface area contributed by atoms with Gasteiger partial charge in [0.2, 0.25) is 0 Å². The van der Waals surface area contributed by atoms with Gasteiger partial charge < -0.3 is 10.2 Å². The van der Waals surface area contributed by atoms with Crippen molar-refractivity contribution in [1.29, 1.82) is 0 Å². The van der Waals surface area contributed by atoms with E-state index in [0.717, 1.165) is 11.8 Å². The van der Waals surface area contributed by atoms with Crippen molar-refractivity contribution in [2.45, 2.75) is 0 Å². The van der Waals surface area contributed by atoms with Gasteiger partial charge in [0.15, 0.2) is 0 Å². The van der Waals surface area contributed by atoms with Gasteiger partial charge >= 0.3 is 11.9 Å². The van der Waals surface area contributed by atoms with Gasteiger partial charge in [0.25, 0.3) is 0 Å². The molecule has 0 spiro atoms. The molecule has 2 rings (SSSR count). The minimum absolute atomic E-state index is 0.190. The van der Waals surface area contributed by atoms with Crippen LogP contribution in [-0.4, -0.2) is 28.4 Å². The molecule has 0 amide bonds. The van der Waals surface area contributed by atoms with E-state index in [-0.39, 0.29) is 11.1 Å². The van der Waals surface area contributed by atoms with Gasteiger partial charge in [-0.25, -0.2) is 9.59 Å². The van der Waals surface area contributed by atoms with Crippen LogP contribution in [0.1, 0.15) is 31.1 Å². The van der Waals surface area contributed by atoms with Crippen LogP contribution in [0.25, 0.3) is 0 Å². The second kappa shape index (κ2) is 7.48. The number of benzene rings is 2. The van der Waals surface area contributed by atoms with E-state index in [9.17, 15) is 14.4 Å². The number of aldehydes is 1. The Bertz CT molecular complexity index is 572. The molecule has 0 aliphatic rings. The largest absolute Gasteiger partial charge is 0.478 e. The molecule has 0 unspecified atom stereocenters. The zero-order valence-electron chi connectivity index (χ0n) is 10.4. The average Bonchev–Trinajstić information content (AvgIpc) is 2.48. The van der Waals surface area contributed by atoms with Gasteiger partial charge in [-0.3, -0.25) is 4.79 Å². The standard InChI is InChI=1S/C8H6O4.C7H6O/c9-7(10)5-3-1-2-4-6(5)8(11)12;8-6-7-4-2-1-3-5-7/h1-4H,(H,9,10)(H,11,12);1-6H. The first-order valence-corrected chi connectivity index (χ1v) is 5.62. The van der Waals surface area contributed by atoms with E-state index in [1.807, 2.05) is 18.2 Å². The van der Waals surface area contributed by atoms with Gasteiger partial charge in [0.05, 0.1) is 11.1 Å². The molecule has 0 saturated carbocycles. The summed E-state index contributed by atoms with van der Waals surface area (Å²) < 4.78 is 0. The van der Waals surface area contributed by atoms with Crippen molar-refractivity contribution in [2.24, 2.45) is 0 Å². The highest BCUT2D eigenvalue weighted by Gasteiger charge is 2.13. The van der Waals surface area contributed by atoms with Crippen LogP contribution in [0.2, 0.25) is 0 Å². The van der Waals surface area contributed by atoms with E-state index in [2.05, 4.69) is 0 Å². The number of carboxylic acid groups (broad SMARTS) is 2. The van der Waals surface area contributed by atoms with Crippen molar-refractivity contribution in [1.82, 2.24) is 0 Å². The van der Waals surface area contributed by atoms with Crippen molar-refractivity contribution in [3.8, 4) is 0 Å². The molecule has 5 nitrogen and oxygen atoms in total. The molecule has 0 aliphatic heterocycles. The molecule has 5 heteroatoms. The van der Waals surface area contributed by atoms with Gasteiger partial charge in [-0.1, -0.05) is 42.5 Å². The highest BCUT2D eigenvalue weighted by atomic mass is 16.4. The normalized spacial score (nSPS) is 9.00. The van der Waals surface area contributed by atoms with Crippen molar-refractivity contribution in [2.75, 3.05) is 0 Å². The van der Waals surface area contributed by atoms with Crippen molar-refractivity contribution in [3.63, 3.8) is 0 Å². The summed E-state index contributed by atoms with van der Waals surface area (Å²) in [6.45, 7) is 0. The molecule has 0 aromatic heterocycles. The molecule has 20 heavy (non-hydrogen) atoms. The first-order chi connectivity index (χ1) is 9.56. The van der Waals surface area contributed by atoms with Crippen LogP contribution in [-0.2, 0) is 0 Å². The van der Waals surface area contributed by atoms with Gasteiger partial charge in [-0.05, 0) is 12.1 Å². The monoisotopic (exact) mass is 272 g/mol. The summed E-state index contributed by atoms with van der Waals surface area (Å²) >= 11 is 0. The Morgan fingerprint density at radius 1 is 0.750 bits per heavy atom. The van der Waals surface area contributed by atoms with E-state index < -0.39 is 11.9 Å². The summed E-state index contributed by atoms with van der Waals surface area (Å²) in [5.41, 5.74) is 0.350. The maximum Gasteiger partial charge on any atom is 0.336 e. The Morgan fingerprint density at radius 3 is 1.45 bits per heavy atom. The van der Waals surface area contributed by atoms with Crippen LogP contribution >= 0.6 is 0 Å². The zero-order chi connectivity index (χ0) is 15.0. The first kappa shape index (κ1) is 15.1. The quantitative estimate of drug-likeness (QED) is 0.838. The van der Waals surface area contributed by atoms with E-state index in [4.69, 9.17) is 10.2 Å². The number of hydrogen-bond acceptors (Lipinski definition) is 3. The molecule has 102 valence electrons. The third-order valence-corrected chi connectivity index (χ3v) is 2.32. The highest BCUT2D eigenvalue weighted by Crippen LogP contribution is 2.07. The molecule has 2 aromatic carbocycles. The van der Waals surface area contributed by atoms with Gasteiger partial charge in [-0.2, -0.15) is 0 Å². The third-order valence-electron chi connectivity index (χ3n) is 2.32. The van der Waals surface area contributed by atoms with Crippen molar-refractivity contribution >= 4 is 18.2 Å². The van der Waals surface area contributed by atoms with Gasteiger partial charge in [-0.15, -0.1) is 0 Å². The van der Waals surface area contributed by atoms with E-state index in [1.165, 1.54) is 24.3 Å². The molecule has 0 bridgehead atoms. The molecule has 0 radical (unpaired) electrons. The lowest BCUT2D eigenvalue weighted by Gasteiger charge is -1.98. The smallest absolute Gasteiger partial charge is 0.336 e. The average molecular weight is 272 g/mol. The summed E-state index contributed by atoms with van der Waals surface area (Å²) in [6, 6.07) is 14.6. The number of carbonyl (C=O) groups excluding carboxylic acids is 1. The summed E-state index contributed by atoms with van der Waals surface area (Å²) in [4.78, 5) is 30.9. The molecular formula is C15H12O5. The Kier molecular flexibility index (Phi) is 5.65. The summed E-state index contributed by atoms with van der Waals surface area (Å²) in [5.74, 6) is -2.46. The lowest BCUT2D eigenvalue weighted by atomic mass is 10.1. The second-order valence-electron chi connectivity index (χ2n) is 3.68. The molecule has 2 aromatic rings. The fraction of sp³-hybridized carbons (Fsp3) is 0. The van der Waals surface area contributed by atoms with Crippen molar-refractivity contribution in [3.05, 3.63) is 71.3 Å². The topological polar surface area (TPSA) is 91.7 Å². The second-order valence-corrected chi connectivity index (χ2v) is 3.68. The van der Waals surface area contributed by atoms with Crippen LogP contribution in [0.3, 0.4) is 0 Å². The molecule has 0 fully saturated rings. The van der Waals surface area contributed by atoms with E-state index >= 15 is 0 Å². The van der Waals surface area contributed by atoms with Gasteiger partial charge in [0, 0.05) is 5.56 Å². The third kappa shape index (κ3) is 4.38. The van der Waals surface area contributed by atoms with Crippen LogP contribution in [0.15, 0.2) is 54.6 Å². The fourth-order valence-electron chi connectivity index (χ4n) is 1.39. The predicted molar refractivity (Wildman–Crippen MR) is 72.2 cm³/mol. The Hall–Kier alpha value is -2.95. The van der Waals surface area contributed by atoms with Crippen LogP contribution in [0, 0.1) is 0 Å². The molecular weight excluding hydrogens is 260 g/mol. The zero-order valence-corrected chi connectivity index (χ0v) is 10.4. The number of rotatable bonds is 3. The molecule has 0 heterocycles. The SMILES string of the molecule is O=C(O)c1ccccc1C(=O)O.O=Cc1ccccc1. The minimum atomic E-state index is -1.23. The fourth-order valence-corrected chi connectivity index (χ4v) is 1.39. The maximum atomic E-state index is 10.5. The summed E-state index contributed by atoms with van der Waals surface area (Å²) in [6.07, 6.45) is 0.833. The summed E-state index contributed by atoms with van der Waals surface area (Å²) in [5, 5.41) is 17.1. The minimum Gasteiger partial charge on any atom is -0.478 e.